The number of nitrogens with zero attached hydrogens (tertiary/aromatic N) is 6. The van der Waals surface area contributed by atoms with Gasteiger partial charge in [-0.1, -0.05) is 13.8 Å². The first kappa shape index (κ1) is 26.3. The van der Waals surface area contributed by atoms with E-state index in [0.717, 1.165) is 82.9 Å². The number of quaternary nitrogens is 1. The molecule has 2 fully saturated rings. The number of anilines is 1. The number of rotatable bonds is 6. The fourth-order valence-electron chi connectivity index (χ4n) is 6.93. The van der Waals surface area contributed by atoms with E-state index in [1.54, 1.807) is 6.33 Å². The highest BCUT2D eigenvalue weighted by molar-refractivity contribution is 7.90. The van der Waals surface area contributed by atoms with Crippen LogP contribution in [-0.4, -0.2) is 88.2 Å². The molecule has 0 spiro atoms. The molecule has 4 aromatic heterocycles. The molecule has 0 saturated carbocycles. The number of aromatic nitrogens is 5. The molecule has 0 aromatic carbocycles. The van der Waals surface area contributed by atoms with Crippen molar-refractivity contribution in [3.05, 3.63) is 41.3 Å². The molecule has 2 atom stereocenters. The monoisotopic (exact) mass is 550 g/mol. The maximum Gasteiger partial charge on any atom is 0.158 e. The number of H-pyrrole nitrogens is 1. The highest BCUT2D eigenvalue weighted by Crippen LogP contribution is 2.38. The summed E-state index contributed by atoms with van der Waals surface area (Å²) >= 11 is 0. The van der Waals surface area contributed by atoms with Crippen LogP contribution in [0, 0.1) is 13.8 Å². The summed E-state index contributed by atoms with van der Waals surface area (Å²) in [6.45, 7) is 13.3. The Morgan fingerprint density at radius 1 is 1.15 bits per heavy atom. The minimum atomic E-state index is -2.97. The van der Waals surface area contributed by atoms with Gasteiger partial charge in [-0.15, -0.1) is 0 Å². The first-order valence-electron chi connectivity index (χ1n) is 14.2. The van der Waals surface area contributed by atoms with Crippen LogP contribution in [0.2, 0.25) is 0 Å². The summed E-state index contributed by atoms with van der Waals surface area (Å²) in [6, 6.07) is 4.77. The van der Waals surface area contributed by atoms with Gasteiger partial charge >= 0.3 is 0 Å². The van der Waals surface area contributed by atoms with Crippen molar-refractivity contribution >= 4 is 32.3 Å². The van der Waals surface area contributed by atoms with Crippen LogP contribution in [-0.2, 0) is 9.84 Å². The second kappa shape index (κ2) is 9.59. The van der Waals surface area contributed by atoms with Crippen LogP contribution in [0.25, 0.3) is 27.9 Å². The Morgan fingerprint density at radius 3 is 2.74 bits per heavy atom. The zero-order valence-corrected chi connectivity index (χ0v) is 24.6. The van der Waals surface area contributed by atoms with Crippen LogP contribution >= 0.6 is 0 Å². The lowest BCUT2D eigenvalue weighted by atomic mass is 9.95. The predicted octanol–water partition coefficient (Wildman–Crippen LogP) is 4.25. The standard InChI is InChI=1S/C29H40N7O2S/c1-19(2)26-27(23-17-35-29(30-18-31-35)21(4)20(23)3)32-24-9-10-25(33-28(24)26)34-11-13-36(14-15-39(5,37)38)12-7-6-8-22(36)16-34/h9-10,17-19,22,32H,6-8,11-16H2,1-5H3/q+1/t22-,36?/m0/s1. The van der Waals surface area contributed by atoms with E-state index >= 15 is 0 Å². The van der Waals surface area contributed by atoms with Gasteiger partial charge in [0.15, 0.2) is 15.5 Å². The number of piperazine rings is 1. The number of aromatic amines is 1. The fourth-order valence-corrected chi connectivity index (χ4v) is 7.62. The number of fused-ring (bicyclic) bond motifs is 3. The summed E-state index contributed by atoms with van der Waals surface area (Å²) in [4.78, 5) is 15.8. The van der Waals surface area contributed by atoms with Crippen molar-refractivity contribution < 1.29 is 12.9 Å². The molecule has 9 nitrogen and oxygen atoms in total. The Bertz CT molecular complexity index is 1660. The molecule has 1 N–H and O–H groups in total. The van der Waals surface area contributed by atoms with Crippen LogP contribution in [0.5, 0.6) is 0 Å². The predicted molar refractivity (Wildman–Crippen MR) is 156 cm³/mol. The summed E-state index contributed by atoms with van der Waals surface area (Å²) in [5.74, 6) is 1.57. The second-order valence-corrected chi connectivity index (χ2v) is 14.3. The maximum absolute atomic E-state index is 12.0. The third-order valence-electron chi connectivity index (χ3n) is 9.28. The highest BCUT2D eigenvalue weighted by Gasteiger charge is 2.44. The van der Waals surface area contributed by atoms with Gasteiger partial charge in [-0.2, -0.15) is 5.10 Å². The molecule has 2 saturated heterocycles. The summed E-state index contributed by atoms with van der Waals surface area (Å²) in [5, 5.41) is 4.41. The van der Waals surface area contributed by atoms with Crippen molar-refractivity contribution in [3.8, 4) is 11.3 Å². The van der Waals surface area contributed by atoms with Gasteiger partial charge in [-0.25, -0.2) is 22.9 Å². The quantitative estimate of drug-likeness (QED) is 0.361. The molecule has 39 heavy (non-hydrogen) atoms. The molecule has 6 heterocycles. The van der Waals surface area contributed by atoms with Crippen LogP contribution in [0.4, 0.5) is 5.82 Å². The molecule has 0 amide bonds. The van der Waals surface area contributed by atoms with E-state index in [4.69, 9.17) is 4.98 Å². The number of hydrogen-bond acceptors (Lipinski definition) is 6. The maximum atomic E-state index is 12.0. The van der Waals surface area contributed by atoms with E-state index in [-0.39, 0.29) is 11.7 Å². The van der Waals surface area contributed by atoms with Crippen LogP contribution < -0.4 is 4.90 Å². The average Bonchev–Trinajstić information content (AvgIpc) is 3.53. The van der Waals surface area contributed by atoms with Crippen LogP contribution in [0.3, 0.4) is 0 Å². The lowest BCUT2D eigenvalue weighted by Gasteiger charge is -2.53. The normalized spacial score (nSPS) is 22.2. The van der Waals surface area contributed by atoms with Crippen molar-refractivity contribution in [3.63, 3.8) is 0 Å². The van der Waals surface area contributed by atoms with Crippen molar-refractivity contribution in [2.75, 3.05) is 49.6 Å². The molecule has 0 bridgehead atoms. The van der Waals surface area contributed by atoms with Crippen molar-refractivity contribution in [1.29, 1.82) is 0 Å². The minimum Gasteiger partial charge on any atom is -0.353 e. The third-order valence-corrected chi connectivity index (χ3v) is 10.2. The van der Waals surface area contributed by atoms with Gasteiger partial charge in [0, 0.05) is 30.0 Å². The summed E-state index contributed by atoms with van der Waals surface area (Å²) in [7, 11) is -2.97. The van der Waals surface area contributed by atoms with Gasteiger partial charge in [-0.3, -0.25) is 0 Å². The molecular formula is C29H40N7O2S+. The van der Waals surface area contributed by atoms with Gasteiger partial charge in [0.2, 0.25) is 0 Å². The zero-order chi connectivity index (χ0) is 27.5. The number of piperidine rings is 1. The first-order valence-corrected chi connectivity index (χ1v) is 16.2. The second-order valence-electron chi connectivity index (χ2n) is 12.1. The molecule has 0 radical (unpaired) electrons. The Morgan fingerprint density at radius 2 is 1.97 bits per heavy atom. The van der Waals surface area contributed by atoms with E-state index in [1.807, 2.05) is 4.52 Å². The largest absolute Gasteiger partial charge is 0.353 e. The van der Waals surface area contributed by atoms with Gasteiger partial charge in [-0.05, 0) is 55.9 Å². The first-order chi connectivity index (χ1) is 18.6. The highest BCUT2D eigenvalue weighted by atomic mass is 32.2. The van der Waals surface area contributed by atoms with Crippen molar-refractivity contribution in [2.45, 2.75) is 58.9 Å². The number of aryl methyl sites for hydroxylation is 1. The van der Waals surface area contributed by atoms with Crippen LogP contribution in [0.15, 0.2) is 24.7 Å². The van der Waals surface area contributed by atoms with Crippen molar-refractivity contribution in [1.82, 2.24) is 24.6 Å². The Kier molecular flexibility index (Phi) is 6.45. The average molecular weight is 551 g/mol. The van der Waals surface area contributed by atoms with Gasteiger partial charge < -0.3 is 14.4 Å². The van der Waals surface area contributed by atoms with E-state index in [1.165, 1.54) is 30.2 Å². The smallest absolute Gasteiger partial charge is 0.158 e. The Hall–Kier alpha value is -2.98. The van der Waals surface area contributed by atoms with E-state index in [2.05, 4.69) is 66.0 Å². The number of pyridine rings is 2. The summed E-state index contributed by atoms with van der Waals surface area (Å²) in [6.07, 6.45) is 8.60. The van der Waals surface area contributed by atoms with E-state index in [9.17, 15) is 8.42 Å². The van der Waals surface area contributed by atoms with Gasteiger partial charge in [0.1, 0.15) is 18.2 Å². The van der Waals surface area contributed by atoms with Crippen molar-refractivity contribution in [2.24, 2.45) is 0 Å². The Labute approximate surface area is 230 Å². The molecule has 10 heteroatoms. The van der Waals surface area contributed by atoms with E-state index < -0.39 is 9.84 Å². The topological polar surface area (TPSA) is 96.2 Å². The minimum absolute atomic E-state index is 0.275. The Balaban J connectivity index is 1.36. The molecule has 1 unspecified atom stereocenters. The van der Waals surface area contributed by atoms with Gasteiger partial charge in [0.05, 0.1) is 55.2 Å². The number of nitrogens with one attached hydrogen (secondary N) is 1. The molecule has 6 rings (SSSR count). The molecule has 4 aromatic rings. The molecule has 208 valence electrons. The summed E-state index contributed by atoms with van der Waals surface area (Å²) in [5.41, 5.74) is 8.74. The third kappa shape index (κ3) is 4.61. The lowest BCUT2D eigenvalue weighted by Crippen LogP contribution is -2.68. The number of hydrogen-bond donors (Lipinski definition) is 1. The molecule has 2 aliphatic heterocycles. The molecule has 0 aliphatic carbocycles. The van der Waals surface area contributed by atoms with E-state index in [0.29, 0.717) is 6.04 Å². The number of sulfone groups is 1. The lowest BCUT2D eigenvalue weighted by molar-refractivity contribution is -0.954. The fraction of sp³-hybridized carbons (Fsp3) is 0.552. The summed E-state index contributed by atoms with van der Waals surface area (Å²) < 4.78 is 26.8. The molecular weight excluding hydrogens is 510 g/mol. The SMILES string of the molecule is Cc1c(-c2[nH]c3ccc(N4CC[N+]5(CCS(C)(=O)=O)CCCC[C@H]5C4)nc3c2C(C)C)cn2ncnc2c1C. The van der Waals surface area contributed by atoms with Crippen LogP contribution in [0.1, 0.15) is 55.7 Å². The van der Waals surface area contributed by atoms with Gasteiger partial charge in [0.25, 0.3) is 0 Å². The molecule has 2 aliphatic rings. The zero-order valence-electron chi connectivity index (χ0n) is 23.7.